The molecule has 0 saturated heterocycles. The molecule has 5 nitrogen and oxygen atoms in total. The Balaban J connectivity index is 0.000000380. The summed E-state index contributed by atoms with van der Waals surface area (Å²) < 4.78 is 2.65. The van der Waals surface area contributed by atoms with Gasteiger partial charge in [-0.1, -0.05) is 158 Å². The van der Waals surface area contributed by atoms with Crippen LogP contribution >= 0.6 is 11.3 Å². The minimum absolute atomic E-state index is 0.459. The molecule has 10 aromatic rings. The van der Waals surface area contributed by atoms with Gasteiger partial charge in [0.1, 0.15) is 0 Å². The first-order valence-corrected chi connectivity index (χ1v) is 22.6. The van der Waals surface area contributed by atoms with Crippen molar-refractivity contribution in [2.75, 3.05) is 0 Å². The number of nitrogens with one attached hydrogen (secondary N) is 1. The molecule has 1 N–H and O–H groups in total. The van der Waals surface area contributed by atoms with Gasteiger partial charge in [0.25, 0.3) is 0 Å². The molecule has 3 heterocycles. The summed E-state index contributed by atoms with van der Waals surface area (Å²) in [6.45, 7) is 7.12. The van der Waals surface area contributed by atoms with Crippen molar-refractivity contribution in [3.63, 3.8) is 0 Å². The Kier molecular flexibility index (Phi) is 10.0. The summed E-state index contributed by atoms with van der Waals surface area (Å²) in [5.74, 6) is 0. The van der Waals surface area contributed by atoms with E-state index >= 15 is 0 Å². The van der Waals surface area contributed by atoms with Crippen LogP contribution in [0.25, 0.3) is 42.4 Å². The maximum absolute atomic E-state index is 5.50. The Morgan fingerprint density at radius 1 is 0.477 bits per heavy atom. The Morgan fingerprint density at radius 2 is 0.985 bits per heavy atom. The Morgan fingerprint density at radius 3 is 1.57 bits per heavy atom. The number of rotatable bonds is 5. The lowest BCUT2D eigenvalue weighted by Gasteiger charge is -2.48. The zero-order chi connectivity index (χ0) is 44.0. The van der Waals surface area contributed by atoms with Gasteiger partial charge in [0.2, 0.25) is 0 Å². The first kappa shape index (κ1) is 39.9. The Hall–Kier alpha value is -7.93. The van der Waals surface area contributed by atoms with E-state index in [2.05, 4.69) is 192 Å². The van der Waals surface area contributed by atoms with Crippen LogP contribution in [0.15, 0.2) is 211 Å². The maximum Gasteiger partial charge on any atom is 0.0720 e. The largest absolute Gasteiger partial charge is 0.317 e. The van der Waals surface area contributed by atoms with Gasteiger partial charge in [-0.3, -0.25) is 20.0 Å². The zero-order valence-corrected chi connectivity index (χ0v) is 36.5. The quantitative estimate of drug-likeness (QED) is 0.175. The lowest BCUT2D eigenvalue weighted by Crippen LogP contribution is -2.43. The maximum atomic E-state index is 5.50. The van der Waals surface area contributed by atoms with E-state index in [1.165, 1.54) is 86.9 Å². The number of nitrogens with zero attached hydrogens (tertiary/aromatic N) is 4. The van der Waals surface area contributed by atoms with Crippen LogP contribution in [0.1, 0.15) is 61.2 Å². The van der Waals surface area contributed by atoms with Crippen molar-refractivity contribution in [3.05, 3.63) is 262 Å². The predicted molar refractivity (Wildman–Crippen MR) is 270 cm³/mol. The van der Waals surface area contributed by atoms with Crippen molar-refractivity contribution >= 4 is 51.2 Å². The van der Waals surface area contributed by atoms with E-state index in [4.69, 9.17) is 10.4 Å². The molecule has 65 heavy (non-hydrogen) atoms. The summed E-state index contributed by atoms with van der Waals surface area (Å²) in [4.78, 5) is 17.0. The average molecular weight is 854 g/mol. The molecule has 0 atom stereocenters. The van der Waals surface area contributed by atoms with Crippen LogP contribution in [-0.4, -0.2) is 29.6 Å². The summed E-state index contributed by atoms with van der Waals surface area (Å²) in [6.07, 6.45) is 9.35. The number of fused-ring (bicyclic) bond motifs is 20. The number of aromatic nitrogens is 2. The summed E-state index contributed by atoms with van der Waals surface area (Å²) >= 11 is 1.92. The van der Waals surface area contributed by atoms with Crippen LogP contribution in [0.2, 0.25) is 0 Å². The molecule has 2 spiro atoms. The number of benzene rings is 7. The predicted octanol–water partition coefficient (Wildman–Crippen LogP) is 13.7. The summed E-state index contributed by atoms with van der Waals surface area (Å²) in [7, 11) is 0. The lowest BCUT2D eigenvalue weighted by atomic mass is 9.52. The molecule has 0 aliphatic heterocycles. The molecular formula is C59H43N5S. The third-order valence-corrected chi connectivity index (χ3v) is 14.6. The fraction of sp³-hybridized carbons (Fsp3) is 0.0678. The number of thiophene rings is 1. The second kappa shape index (κ2) is 16.3. The normalized spacial score (nSPS) is 13.7. The first-order valence-electron chi connectivity index (χ1n) is 21.8. The van der Waals surface area contributed by atoms with Gasteiger partial charge in [-0.15, -0.1) is 11.3 Å². The van der Waals surface area contributed by atoms with E-state index in [-0.39, 0.29) is 0 Å². The smallest absolute Gasteiger partial charge is 0.0720 e. The molecule has 3 aliphatic rings. The molecule has 3 aromatic heterocycles. The minimum Gasteiger partial charge on any atom is -0.317 e. The van der Waals surface area contributed by atoms with Crippen LogP contribution < -0.4 is 0 Å². The third-order valence-electron chi connectivity index (χ3n) is 13.4. The zero-order valence-electron chi connectivity index (χ0n) is 35.7. The number of hydrogen-bond acceptors (Lipinski definition) is 6. The van der Waals surface area contributed by atoms with Gasteiger partial charge in [0.05, 0.1) is 23.9 Å². The molecule has 3 aliphatic carbocycles. The number of pyridine rings is 2. The van der Waals surface area contributed by atoms with E-state index in [1.54, 1.807) is 12.4 Å². The Labute approximate surface area is 382 Å². The highest BCUT2D eigenvalue weighted by Crippen LogP contribution is 2.68. The van der Waals surface area contributed by atoms with Gasteiger partial charge in [0.15, 0.2) is 0 Å². The van der Waals surface area contributed by atoms with Crippen LogP contribution in [0.5, 0.6) is 0 Å². The van der Waals surface area contributed by atoms with Crippen LogP contribution in [0.4, 0.5) is 0 Å². The second-order valence-corrected chi connectivity index (χ2v) is 17.5. The van der Waals surface area contributed by atoms with Crippen molar-refractivity contribution in [1.29, 1.82) is 5.41 Å². The molecule has 0 radical (unpaired) electrons. The second-order valence-electron chi connectivity index (χ2n) is 16.5. The average Bonchev–Trinajstić information content (AvgIpc) is 4.01. The highest BCUT2D eigenvalue weighted by Gasteiger charge is 2.59. The van der Waals surface area contributed by atoms with E-state index in [0.29, 0.717) is 13.1 Å². The van der Waals surface area contributed by atoms with Gasteiger partial charge in [-0.05, 0) is 104 Å². The summed E-state index contributed by atoms with van der Waals surface area (Å²) in [5.41, 5.74) is 18.4. The minimum atomic E-state index is -0.548. The monoisotopic (exact) mass is 853 g/mol. The summed E-state index contributed by atoms with van der Waals surface area (Å²) in [6, 6.07) is 65.4. The van der Waals surface area contributed by atoms with Crippen molar-refractivity contribution in [1.82, 2.24) is 9.97 Å². The van der Waals surface area contributed by atoms with E-state index in [9.17, 15) is 0 Å². The molecule has 13 rings (SSSR count). The van der Waals surface area contributed by atoms with Crippen LogP contribution in [0, 0.1) is 5.41 Å². The first-order chi connectivity index (χ1) is 32.2. The van der Waals surface area contributed by atoms with Crippen molar-refractivity contribution in [3.8, 4) is 22.3 Å². The highest BCUT2D eigenvalue weighted by atomic mass is 32.1. The van der Waals surface area contributed by atoms with Crippen molar-refractivity contribution in [2.45, 2.75) is 23.9 Å². The summed E-state index contributed by atoms with van der Waals surface area (Å²) in [5, 5.41) is 8.13. The molecule has 0 bridgehead atoms. The number of hydrogen-bond donors (Lipinski definition) is 1. The van der Waals surface area contributed by atoms with E-state index in [0.717, 1.165) is 16.7 Å². The lowest BCUT2D eigenvalue weighted by molar-refractivity contribution is 0.633. The van der Waals surface area contributed by atoms with Gasteiger partial charge < -0.3 is 5.41 Å². The van der Waals surface area contributed by atoms with Gasteiger partial charge in [0, 0.05) is 62.3 Å². The van der Waals surface area contributed by atoms with E-state index in [1.807, 2.05) is 41.9 Å². The third kappa shape index (κ3) is 5.87. The van der Waals surface area contributed by atoms with Gasteiger partial charge >= 0.3 is 0 Å². The Bertz CT molecular complexity index is 3370. The van der Waals surface area contributed by atoms with Gasteiger partial charge in [-0.25, -0.2) is 0 Å². The molecule has 7 aromatic carbocycles. The molecule has 0 saturated carbocycles. The highest BCUT2D eigenvalue weighted by molar-refractivity contribution is 7.26. The topological polar surface area (TPSA) is 74.3 Å². The van der Waals surface area contributed by atoms with Crippen molar-refractivity contribution < 1.29 is 0 Å². The fourth-order valence-corrected chi connectivity index (χ4v) is 12.3. The van der Waals surface area contributed by atoms with E-state index < -0.39 is 10.8 Å². The van der Waals surface area contributed by atoms with Crippen LogP contribution in [-0.2, 0) is 23.9 Å². The SMILES string of the molecule is C(=NCc1cccnc1)c1cccc2c1-c1c(ccc3c1sc1ccccc13)C21c2ccccc2C2(c3ccccc3-c3ccccc32)c2ccccc21.C=N.C=NCc1cccnc1. The molecule has 0 amide bonds. The van der Waals surface area contributed by atoms with Crippen molar-refractivity contribution in [2.24, 2.45) is 9.98 Å². The fourth-order valence-electron chi connectivity index (χ4n) is 11.1. The van der Waals surface area contributed by atoms with Gasteiger partial charge in [-0.2, -0.15) is 0 Å². The molecule has 310 valence electrons. The van der Waals surface area contributed by atoms with Crippen LogP contribution in [0.3, 0.4) is 0 Å². The molecule has 0 fully saturated rings. The molecular weight excluding hydrogens is 811 g/mol. The standard InChI is InChI=1S/C51H32N2S.C7H8N2.CH3N/c1-4-18-38-34(15-1)35-16-2-5-19-39(35)50(38)40-20-6-8-22-42(40)51(43-23-9-7-21-41(43)50)44-24-11-14-33(31-53-30-32-13-12-28-52-29-32)47(44)48-45(51)27-26-37-36-17-3-10-25-46(36)54-49(37)48;1-8-5-7-3-2-4-9-6-7;1-2/h1-29,31H,30H2;2-4,6H,1,5H2;2H,1H2. The number of aliphatic imine (C=N–C) groups is 2. The molecule has 0 unspecified atom stereocenters. The molecule has 6 heteroatoms.